The van der Waals surface area contributed by atoms with Gasteiger partial charge in [0.25, 0.3) is 0 Å². The van der Waals surface area contributed by atoms with Crippen molar-refractivity contribution in [1.82, 2.24) is 5.32 Å². The Balaban J connectivity index is 2.05. The van der Waals surface area contributed by atoms with Gasteiger partial charge in [0.2, 0.25) is 11.8 Å². The highest BCUT2D eigenvalue weighted by Gasteiger charge is 2.56. The maximum Gasteiger partial charge on any atom is 0.236 e. The van der Waals surface area contributed by atoms with Crippen LogP contribution in [0, 0.1) is 5.41 Å². The van der Waals surface area contributed by atoms with E-state index < -0.39 is 16.9 Å². The number of rotatable bonds is 4. The highest BCUT2D eigenvalue weighted by molar-refractivity contribution is 6.07. The largest absolute Gasteiger partial charge is 0.394 e. The Hall–Kier alpha value is -1.10. The molecule has 0 heterocycles. The van der Waals surface area contributed by atoms with E-state index in [4.69, 9.17) is 5.73 Å². The molecule has 0 aliphatic heterocycles. The molecule has 0 bridgehead atoms. The molecule has 4 N–H and O–H groups in total. The molecular formula is C13H22N2O3. The van der Waals surface area contributed by atoms with Crippen LogP contribution in [0.2, 0.25) is 0 Å². The van der Waals surface area contributed by atoms with Crippen molar-refractivity contribution in [2.75, 3.05) is 6.61 Å². The van der Waals surface area contributed by atoms with Gasteiger partial charge < -0.3 is 16.2 Å². The number of aliphatic hydroxyl groups is 1. The Morgan fingerprint density at radius 2 is 1.61 bits per heavy atom. The van der Waals surface area contributed by atoms with Crippen LogP contribution in [-0.2, 0) is 9.59 Å². The van der Waals surface area contributed by atoms with Gasteiger partial charge in [-0.25, -0.2) is 0 Å². The fourth-order valence-corrected chi connectivity index (χ4v) is 2.80. The second-order valence-electron chi connectivity index (χ2n) is 5.75. The fraction of sp³-hybridized carbons (Fsp3) is 0.846. The average Bonchev–Trinajstić information content (AvgIpc) is 3.14. The van der Waals surface area contributed by atoms with Crippen molar-refractivity contribution in [3.63, 3.8) is 0 Å². The summed E-state index contributed by atoms with van der Waals surface area (Å²) in [6, 6.07) is 0. The Labute approximate surface area is 107 Å². The van der Waals surface area contributed by atoms with Gasteiger partial charge in [-0.1, -0.05) is 25.7 Å². The Kier molecular flexibility index (Phi) is 3.61. The summed E-state index contributed by atoms with van der Waals surface area (Å²) in [5.41, 5.74) is 3.76. The average molecular weight is 254 g/mol. The third-order valence-electron chi connectivity index (χ3n) is 4.40. The molecule has 0 aromatic carbocycles. The van der Waals surface area contributed by atoms with Crippen molar-refractivity contribution in [3.8, 4) is 0 Å². The number of nitrogens with two attached hydrogens (primary N) is 1. The van der Waals surface area contributed by atoms with Crippen LogP contribution in [0.5, 0.6) is 0 Å². The summed E-state index contributed by atoms with van der Waals surface area (Å²) in [6.45, 7) is -0.0619. The lowest BCUT2D eigenvalue weighted by Crippen LogP contribution is -2.55. The third kappa shape index (κ3) is 2.36. The van der Waals surface area contributed by atoms with Crippen LogP contribution in [0.15, 0.2) is 0 Å². The minimum Gasteiger partial charge on any atom is -0.394 e. The van der Waals surface area contributed by atoms with Gasteiger partial charge in [0.15, 0.2) is 0 Å². The quantitative estimate of drug-likeness (QED) is 0.502. The molecule has 2 aliphatic carbocycles. The highest BCUT2D eigenvalue weighted by Crippen LogP contribution is 2.46. The number of aliphatic hydroxyl groups excluding tert-OH is 1. The van der Waals surface area contributed by atoms with Gasteiger partial charge in [-0.3, -0.25) is 9.59 Å². The lowest BCUT2D eigenvalue weighted by molar-refractivity contribution is -0.137. The smallest absolute Gasteiger partial charge is 0.236 e. The maximum absolute atomic E-state index is 12.2. The van der Waals surface area contributed by atoms with Crippen molar-refractivity contribution in [1.29, 1.82) is 0 Å². The van der Waals surface area contributed by atoms with E-state index in [2.05, 4.69) is 5.32 Å². The second kappa shape index (κ2) is 4.88. The first-order chi connectivity index (χ1) is 8.55. The highest BCUT2D eigenvalue weighted by atomic mass is 16.3. The van der Waals surface area contributed by atoms with Gasteiger partial charge in [0, 0.05) is 0 Å². The van der Waals surface area contributed by atoms with E-state index in [-0.39, 0.29) is 12.5 Å². The van der Waals surface area contributed by atoms with Crippen molar-refractivity contribution >= 4 is 11.8 Å². The molecule has 5 nitrogen and oxygen atoms in total. The van der Waals surface area contributed by atoms with E-state index in [1.54, 1.807) is 0 Å². The fourth-order valence-electron chi connectivity index (χ4n) is 2.80. The maximum atomic E-state index is 12.2. The number of amides is 2. The zero-order valence-electron chi connectivity index (χ0n) is 10.7. The van der Waals surface area contributed by atoms with E-state index >= 15 is 0 Å². The van der Waals surface area contributed by atoms with E-state index in [1.807, 2.05) is 0 Å². The lowest BCUT2D eigenvalue weighted by Gasteiger charge is -2.33. The molecule has 2 fully saturated rings. The molecule has 0 radical (unpaired) electrons. The number of hydrogen-bond acceptors (Lipinski definition) is 3. The molecule has 0 atom stereocenters. The zero-order chi connectivity index (χ0) is 13.2. The normalized spacial score (nSPS) is 24.9. The van der Waals surface area contributed by atoms with Crippen LogP contribution in [0.1, 0.15) is 51.4 Å². The van der Waals surface area contributed by atoms with Gasteiger partial charge in [0.05, 0.1) is 12.1 Å². The Bertz CT molecular complexity index is 342. The zero-order valence-corrected chi connectivity index (χ0v) is 10.7. The molecule has 2 aliphatic rings. The molecule has 0 aromatic heterocycles. The summed E-state index contributed by atoms with van der Waals surface area (Å²) in [4.78, 5) is 23.5. The van der Waals surface area contributed by atoms with Gasteiger partial charge in [-0.05, 0) is 25.7 Å². The summed E-state index contributed by atoms with van der Waals surface area (Å²) < 4.78 is 0. The van der Waals surface area contributed by atoms with Crippen LogP contribution in [0.25, 0.3) is 0 Å². The first-order valence-electron chi connectivity index (χ1n) is 6.78. The second-order valence-corrected chi connectivity index (χ2v) is 5.75. The van der Waals surface area contributed by atoms with Crippen LogP contribution in [0.4, 0.5) is 0 Å². The number of hydrogen-bond donors (Lipinski definition) is 3. The molecular weight excluding hydrogens is 232 g/mol. The van der Waals surface area contributed by atoms with Crippen LogP contribution in [-0.4, -0.2) is 29.1 Å². The van der Waals surface area contributed by atoms with Crippen LogP contribution in [0.3, 0.4) is 0 Å². The van der Waals surface area contributed by atoms with Gasteiger partial charge in [-0.2, -0.15) is 0 Å². The van der Waals surface area contributed by atoms with Crippen molar-refractivity contribution in [2.24, 2.45) is 11.1 Å². The molecule has 0 unspecified atom stereocenters. The first kappa shape index (κ1) is 13.3. The van der Waals surface area contributed by atoms with E-state index in [0.29, 0.717) is 12.8 Å². The van der Waals surface area contributed by atoms with Crippen LogP contribution < -0.4 is 11.1 Å². The lowest BCUT2D eigenvalue weighted by atomic mass is 9.89. The molecule has 0 spiro atoms. The summed E-state index contributed by atoms with van der Waals surface area (Å²) in [5.74, 6) is -0.826. The molecule has 18 heavy (non-hydrogen) atoms. The SMILES string of the molecule is NC(=O)C1(C(=O)NC2(CO)CCCCCC2)CC1. The molecule has 2 rings (SSSR count). The van der Waals surface area contributed by atoms with E-state index in [0.717, 1.165) is 38.5 Å². The number of carbonyl (C=O) groups excluding carboxylic acids is 2. The standard InChI is InChI=1S/C13H22N2O3/c14-10(17)13(7-8-13)11(18)15-12(9-16)5-3-1-2-4-6-12/h16H,1-9H2,(H2,14,17)(H,15,18). The number of nitrogens with one attached hydrogen (secondary N) is 1. The minimum atomic E-state index is -0.992. The van der Waals surface area contributed by atoms with Crippen molar-refractivity contribution in [2.45, 2.75) is 56.9 Å². The van der Waals surface area contributed by atoms with Gasteiger partial charge in [-0.15, -0.1) is 0 Å². The van der Waals surface area contributed by atoms with E-state index in [9.17, 15) is 14.7 Å². The Morgan fingerprint density at radius 3 is 2.00 bits per heavy atom. The summed E-state index contributed by atoms with van der Waals surface area (Å²) in [5, 5.41) is 12.5. The predicted molar refractivity (Wildman–Crippen MR) is 66.5 cm³/mol. The van der Waals surface area contributed by atoms with Gasteiger partial charge >= 0.3 is 0 Å². The summed E-state index contributed by atoms with van der Waals surface area (Å²) in [7, 11) is 0. The predicted octanol–water partition coefficient (Wildman–Crippen LogP) is 0.453. The number of primary amides is 1. The summed E-state index contributed by atoms with van der Waals surface area (Å²) in [6.07, 6.45) is 6.92. The minimum absolute atomic E-state index is 0.0619. The van der Waals surface area contributed by atoms with Crippen LogP contribution >= 0.6 is 0 Å². The molecule has 102 valence electrons. The van der Waals surface area contributed by atoms with Gasteiger partial charge in [0.1, 0.15) is 5.41 Å². The van der Waals surface area contributed by atoms with Crippen molar-refractivity contribution < 1.29 is 14.7 Å². The monoisotopic (exact) mass is 254 g/mol. The third-order valence-corrected chi connectivity index (χ3v) is 4.40. The topological polar surface area (TPSA) is 92.4 Å². The first-order valence-corrected chi connectivity index (χ1v) is 6.78. The number of carbonyl (C=O) groups is 2. The van der Waals surface area contributed by atoms with Crippen molar-refractivity contribution in [3.05, 3.63) is 0 Å². The molecule has 5 heteroatoms. The Morgan fingerprint density at radius 1 is 1.06 bits per heavy atom. The molecule has 0 aromatic rings. The molecule has 2 amide bonds. The van der Waals surface area contributed by atoms with E-state index in [1.165, 1.54) is 0 Å². The molecule has 0 saturated heterocycles. The molecule has 2 saturated carbocycles. The summed E-state index contributed by atoms with van der Waals surface area (Å²) >= 11 is 0.